The van der Waals surface area contributed by atoms with Gasteiger partial charge >= 0.3 is 5.97 Å². The highest BCUT2D eigenvalue weighted by Gasteiger charge is 2.14. The molecule has 0 bridgehead atoms. The maximum absolute atomic E-state index is 11.7. The van der Waals surface area contributed by atoms with Gasteiger partial charge in [-0.2, -0.15) is 0 Å². The summed E-state index contributed by atoms with van der Waals surface area (Å²) in [7, 11) is -3.29. The van der Waals surface area contributed by atoms with Gasteiger partial charge in [0.1, 0.15) is 4.21 Å². The van der Waals surface area contributed by atoms with Crippen LogP contribution in [-0.4, -0.2) is 49.7 Å². The molecular weight excluding hydrogens is 310 g/mol. The molecule has 0 atom stereocenters. The molecule has 0 unspecified atom stereocenters. The molecule has 1 rings (SSSR count). The Balaban J connectivity index is 2.42. The van der Waals surface area contributed by atoms with Crippen LogP contribution >= 0.6 is 23.1 Å². The summed E-state index contributed by atoms with van der Waals surface area (Å²) < 4.78 is 22.7. The number of thiophene rings is 1. The standard InChI is InChI=1S/C10H13NO5S3/c1-19(15,16)9-4-7(5-18-9)10(14)11-2-3-17-6-8(12)13/h4-5H,2-3,6H2,1H3,(H,11,14)(H,12,13). The van der Waals surface area contributed by atoms with Crippen molar-refractivity contribution in [2.24, 2.45) is 0 Å². The van der Waals surface area contributed by atoms with Crippen molar-refractivity contribution < 1.29 is 23.1 Å². The van der Waals surface area contributed by atoms with Crippen LogP contribution in [0, 0.1) is 0 Å². The van der Waals surface area contributed by atoms with Crippen molar-refractivity contribution in [3.05, 3.63) is 17.0 Å². The molecule has 106 valence electrons. The number of sulfone groups is 1. The maximum Gasteiger partial charge on any atom is 0.313 e. The number of aliphatic carboxylic acids is 1. The molecule has 6 nitrogen and oxygen atoms in total. The highest BCUT2D eigenvalue weighted by Crippen LogP contribution is 2.19. The van der Waals surface area contributed by atoms with E-state index in [1.807, 2.05) is 0 Å². The number of carboxylic acids is 1. The Labute approximate surface area is 119 Å². The number of hydrogen-bond donors (Lipinski definition) is 2. The SMILES string of the molecule is CS(=O)(=O)c1cc(C(=O)NCCSCC(=O)O)cs1. The Morgan fingerprint density at radius 3 is 2.68 bits per heavy atom. The van der Waals surface area contributed by atoms with Gasteiger partial charge in [-0.15, -0.1) is 23.1 Å². The van der Waals surface area contributed by atoms with Crippen LogP contribution in [0.2, 0.25) is 0 Å². The third-order valence-electron chi connectivity index (χ3n) is 1.96. The summed E-state index contributed by atoms with van der Waals surface area (Å²) >= 11 is 2.20. The molecular formula is C10H13NO5S3. The molecule has 0 aromatic carbocycles. The van der Waals surface area contributed by atoms with Crippen LogP contribution in [-0.2, 0) is 14.6 Å². The normalized spacial score (nSPS) is 11.2. The molecule has 0 spiro atoms. The van der Waals surface area contributed by atoms with E-state index in [4.69, 9.17) is 5.11 Å². The molecule has 0 saturated heterocycles. The fourth-order valence-electron chi connectivity index (χ4n) is 1.13. The molecule has 0 fully saturated rings. The van der Waals surface area contributed by atoms with Crippen molar-refractivity contribution in [2.75, 3.05) is 24.3 Å². The lowest BCUT2D eigenvalue weighted by Crippen LogP contribution is -2.25. The third kappa shape index (κ3) is 5.62. The molecule has 1 heterocycles. The van der Waals surface area contributed by atoms with E-state index in [1.54, 1.807) is 0 Å². The van der Waals surface area contributed by atoms with Crippen LogP contribution in [0.15, 0.2) is 15.7 Å². The zero-order chi connectivity index (χ0) is 14.5. The quantitative estimate of drug-likeness (QED) is 0.716. The second-order valence-corrected chi connectivity index (χ2v) is 7.89. The number of rotatable bonds is 7. The molecule has 1 aromatic rings. The van der Waals surface area contributed by atoms with Crippen LogP contribution in [0.1, 0.15) is 10.4 Å². The van der Waals surface area contributed by atoms with Crippen LogP contribution < -0.4 is 5.32 Å². The third-order valence-corrected chi connectivity index (χ3v) is 5.67. The predicted molar refractivity (Wildman–Crippen MR) is 74.7 cm³/mol. The molecule has 0 aliphatic carbocycles. The smallest absolute Gasteiger partial charge is 0.313 e. The van der Waals surface area contributed by atoms with Crippen molar-refractivity contribution in [1.29, 1.82) is 0 Å². The Hall–Kier alpha value is -1.06. The van der Waals surface area contributed by atoms with Crippen LogP contribution in [0.4, 0.5) is 0 Å². The second kappa shape index (κ2) is 6.92. The van der Waals surface area contributed by atoms with Gasteiger partial charge in [0, 0.05) is 23.9 Å². The number of thioether (sulfide) groups is 1. The van der Waals surface area contributed by atoms with Gasteiger partial charge in [-0.25, -0.2) is 8.42 Å². The second-order valence-electron chi connectivity index (χ2n) is 3.63. The molecule has 0 aliphatic rings. The highest BCUT2D eigenvalue weighted by molar-refractivity contribution is 7.99. The number of amides is 1. The van der Waals surface area contributed by atoms with Gasteiger partial charge in [-0.3, -0.25) is 9.59 Å². The van der Waals surface area contributed by atoms with Crippen molar-refractivity contribution >= 4 is 44.8 Å². The van der Waals surface area contributed by atoms with E-state index in [0.717, 1.165) is 17.6 Å². The molecule has 1 aromatic heterocycles. The first-order valence-electron chi connectivity index (χ1n) is 5.17. The summed E-state index contributed by atoms with van der Waals surface area (Å²) in [6.07, 6.45) is 1.09. The van der Waals surface area contributed by atoms with E-state index in [2.05, 4.69) is 5.32 Å². The molecule has 19 heavy (non-hydrogen) atoms. The lowest BCUT2D eigenvalue weighted by Gasteiger charge is -2.02. The summed E-state index contributed by atoms with van der Waals surface area (Å²) in [4.78, 5) is 21.9. The Morgan fingerprint density at radius 2 is 2.16 bits per heavy atom. The molecule has 9 heteroatoms. The topological polar surface area (TPSA) is 101 Å². The zero-order valence-corrected chi connectivity index (χ0v) is 12.5. The molecule has 0 aliphatic heterocycles. The van der Waals surface area contributed by atoms with Crippen LogP contribution in [0.3, 0.4) is 0 Å². The summed E-state index contributed by atoms with van der Waals surface area (Å²) in [6, 6.07) is 1.33. The van der Waals surface area contributed by atoms with Crippen molar-refractivity contribution in [1.82, 2.24) is 5.32 Å². The minimum Gasteiger partial charge on any atom is -0.481 e. The summed E-state index contributed by atoms with van der Waals surface area (Å²) in [5.74, 6) is -0.776. The van der Waals surface area contributed by atoms with E-state index in [1.165, 1.54) is 23.2 Å². The first-order chi connectivity index (χ1) is 8.80. The van der Waals surface area contributed by atoms with E-state index >= 15 is 0 Å². The summed E-state index contributed by atoms with van der Waals surface area (Å²) in [5, 5.41) is 12.5. The van der Waals surface area contributed by atoms with Gasteiger partial charge in [-0.1, -0.05) is 0 Å². The summed E-state index contributed by atoms with van der Waals surface area (Å²) in [6.45, 7) is 0.334. The minimum absolute atomic E-state index is 0.00739. The van der Waals surface area contributed by atoms with Crippen LogP contribution in [0.25, 0.3) is 0 Å². The van der Waals surface area contributed by atoms with E-state index in [9.17, 15) is 18.0 Å². The zero-order valence-electron chi connectivity index (χ0n) is 10.1. The summed E-state index contributed by atoms with van der Waals surface area (Å²) in [5.41, 5.74) is 0.300. The van der Waals surface area contributed by atoms with Gasteiger partial charge in [-0.05, 0) is 6.07 Å². The first kappa shape index (κ1) is 16.0. The van der Waals surface area contributed by atoms with E-state index in [0.29, 0.717) is 17.9 Å². The fourth-order valence-corrected chi connectivity index (χ4v) is 3.49. The molecule has 1 amide bonds. The monoisotopic (exact) mass is 323 g/mol. The Bertz CT molecular complexity index is 563. The van der Waals surface area contributed by atoms with Gasteiger partial charge in [0.25, 0.3) is 5.91 Å². The Kier molecular flexibility index (Phi) is 5.83. The van der Waals surface area contributed by atoms with Crippen molar-refractivity contribution in [3.63, 3.8) is 0 Å². The lowest BCUT2D eigenvalue weighted by molar-refractivity contribution is -0.133. The van der Waals surface area contributed by atoms with Gasteiger partial charge in [0.05, 0.1) is 11.3 Å². The lowest BCUT2D eigenvalue weighted by atomic mass is 10.3. The van der Waals surface area contributed by atoms with Gasteiger partial charge in [0.2, 0.25) is 0 Å². The van der Waals surface area contributed by atoms with Gasteiger partial charge in [0.15, 0.2) is 9.84 Å². The minimum atomic E-state index is -3.29. The molecule has 0 saturated carbocycles. The van der Waals surface area contributed by atoms with E-state index in [-0.39, 0.29) is 15.9 Å². The first-order valence-corrected chi connectivity index (χ1v) is 9.09. The Morgan fingerprint density at radius 1 is 1.47 bits per heavy atom. The maximum atomic E-state index is 11.7. The number of nitrogens with one attached hydrogen (secondary N) is 1. The average molecular weight is 323 g/mol. The van der Waals surface area contributed by atoms with Gasteiger partial charge < -0.3 is 10.4 Å². The van der Waals surface area contributed by atoms with Crippen LogP contribution in [0.5, 0.6) is 0 Å². The number of carbonyl (C=O) groups is 2. The fraction of sp³-hybridized carbons (Fsp3) is 0.400. The number of carbonyl (C=O) groups excluding carboxylic acids is 1. The molecule has 2 N–H and O–H groups in total. The number of carboxylic acid groups (broad SMARTS) is 1. The van der Waals surface area contributed by atoms with Crippen molar-refractivity contribution in [3.8, 4) is 0 Å². The highest BCUT2D eigenvalue weighted by atomic mass is 32.2. The molecule has 0 radical (unpaired) electrons. The predicted octanol–water partition coefficient (Wildman–Crippen LogP) is 0.699. The van der Waals surface area contributed by atoms with Crippen molar-refractivity contribution in [2.45, 2.75) is 4.21 Å². The average Bonchev–Trinajstić information content (AvgIpc) is 2.76. The number of hydrogen-bond acceptors (Lipinski definition) is 6. The largest absolute Gasteiger partial charge is 0.481 e. The van der Waals surface area contributed by atoms with E-state index < -0.39 is 15.8 Å².